The van der Waals surface area contributed by atoms with Crippen molar-refractivity contribution in [1.82, 2.24) is 15.2 Å². The molecule has 4 heteroatoms. The Morgan fingerprint density at radius 3 is 2.77 bits per heavy atom. The standard InChI is InChI=1S/C18H23N3O/c1-13(2)20-16-7-10-21(11-8-16)18(22)15-5-6-17-14(12-15)4-3-9-19-17/h3-6,9,12-13,16,20H,7-8,10-11H2,1-2H3. The molecule has 0 spiro atoms. The lowest BCUT2D eigenvalue weighted by molar-refractivity contribution is 0.0703. The minimum Gasteiger partial charge on any atom is -0.339 e. The number of nitrogens with zero attached hydrogens (tertiary/aromatic N) is 2. The van der Waals surface area contributed by atoms with E-state index in [1.54, 1.807) is 6.20 Å². The number of hydrogen-bond acceptors (Lipinski definition) is 3. The van der Waals surface area contributed by atoms with Gasteiger partial charge in [-0.05, 0) is 37.1 Å². The van der Waals surface area contributed by atoms with Crippen LogP contribution in [0.2, 0.25) is 0 Å². The van der Waals surface area contributed by atoms with E-state index in [0.717, 1.165) is 42.4 Å². The zero-order valence-corrected chi connectivity index (χ0v) is 13.2. The highest BCUT2D eigenvalue weighted by atomic mass is 16.2. The van der Waals surface area contributed by atoms with Gasteiger partial charge in [0.05, 0.1) is 5.52 Å². The van der Waals surface area contributed by atoms with E-state index in [-0.39, 0.29) is 5.91 Å². The Balaban J connectivity index is 1.68. The number of likely N-dealkylation sites (tertiary alicyclic amines) is 1. The summed E-state index contributed by atoms with van der Waals surface area (Å²) in [4.78, 5) is 18.9. The lowest BCUT2D eigenvalue weighted by atomic mass is 10.0. The average Bonchev–Trinajstić information content (AvgIpc) is 2.54. The molecule has 1 aliphatic rings. The van der Waals surface area contributed by atoms with Crippen molar-refractivity contribution in [1.29, 1.82) is 0 Å². The number of carbonyl (C=O) groups excluding carboxylic acids is 1. The first-order chi connectivity index (χ1) is 10.6. The van der Waals surface area contributed by atoms with Crippen LogP contribution < -0.4 is 5.32 Å². The topological polar surface area (TPSA) is 45.2 Å². The Bertz CT molecular complexity index is 660. The minimum absolute atomic E-state index is 0.133. The van der Waals surface area contributed by atoms with E-state index in [9.17, 15) is 4.79 Å². The van der Waals surface area contributed by atoms with Crippen LogP contribution in [-0.2, 0) is 0 Å². The average molecular weight is 297 g/mol. The Hall–Kier alpha value is -1.94. The number of piperidine rings is 1. The predicted molar refractivity (Wildman–Crippen MR) is 88.9 cm³/mol. The molecule has 1 aliphatic heterocycles. The molecule has 1 aromatic carbocycles. The summed E-state index contributed by atoms with van der Waals surface area (Å²) < 4.78 is 0. The second-order valence-corrected chi connectivity index (χ2v) is 6.30. The lowest BCUT2D eigenvalue weighted by Crippen LogP contribution is -2.46. The summed E-state index contributed by atoms with van der Waals surface area (Å²) in [6, 6.07) is 10.7. The molecule has 22 heavy (non-hydrogen) atoms. The zero-order chi connectivity index (χ0) is 15.5. The molecule has 2 heterocycles. The van der Waals surface area contributed by atoms with Crippen molar-refractivity contribution < 1.29 is 4.79 Å². The minimum atomic E-state index is 0.133. The fourth-order valence-corrected chi connectivity index (χ4v) is 3.11. The molecule has 116 valence electrons. The molecule has 0 radical (unpaired) electrons. The zero-order valence-electron chi connectivity index (χ0n) is 13.2. The third-order valence-corrected chi connectivity index (χ3v) is 4.20. The number of fused-ring (bicyclic) bond motifs is 1. The number of hydrogen-bond donors (Lipinski definition) is 1. The third-order valence-electron chi connectivity index (χ3n) is 4.20. The molecular weight excluding hydrogens is 274 g/mol. The van der Waals surface area contributed by atoms with Crippen LogP contribution in [0.15, 0.2) is 36.5 Å². The van der Waals surface area contributed by atoms with Gasteiger partial charge in [0, 0.05) is 42.3 Å². The van der Waals surface area contributed by atoms with Crippen LogP contribution in [0, 0.1) is 0 Å². The van der Waals surface area contributed by atoms with E-state index in [2.05, 4.69) is 24.1 Å². The van der Waals surface area contributed by atoms with E-state index < -0.39 is 0 Å². The smallest absolute Gasteiger partial charge is 0.253 e. The number of carbonyl (C=O) groups is 1. The van der Waals surface area contributed by atoms with Crippen molar-refractivity contribution in [3.8, 4) is 0 Å². The Morgan fingerprint density at radius 2 is 2.05 bits per heavy atom. The molecule has 1 fully saturated rings. The number of pyridine rings is 1. The van der Waals surface area contributed by atoms with Gasteiger partial charge in [0.25, 0.3) is 5.91 Å². The van der Waals surface area contributed by atoms with Crippen LogP contribution in [0.4, 0.5) is 0 Å². The van der Waals surface area contributed by atoms with Crippen molar-refractivity contribution in [2.45, 2.75) is 38.8 Å². The molecular formula is C18H23N3O. The summed E-state index contributed by atoms with van der Waals surface area (Å²) in [5.74, 6) is 0.133. The molecule has 0 aliphatic carbocycles. The number of nitrogens with one attached hydrogen (secondary N) is 1. The molecule has 1 N–H and O–H groups in total. The lowest BCUT2D eigenvalue weighted by Gasteiger charge is -2.33. The number of benzene rings is 1. The number of rotatable bonds is 3. The highest BCUT2D eigenvalue weighted by molar-refractivity contribution is 5.97. The molecule has 2 aromatic rings. The molecule has 3 rings (SSSR count). The van der Waals surface area contributed by atoms with Crippen LogP contribution in [-0.4, -0.2) is 41.0 Å². The first-order valence-electron chi connectivity index (χ1n) is 8.03. The van der Waals surface area contributed by atoms with E-state index >= 15 is 0 Å². The van der Waals surface area contributed by atoms with Gasteiger partial charge in [-0.2, -0.15) is 0 Å². The van der Waals surface area contributed by atoms with Crippen molar-refractivity contribution in [3.63, 3.8) is 0 Å². The van der Waals surface area contributed by atoms with Gasteiger partial charge in [-0.1, -0.05) is 19.9 Å². The maximum Gasteiger partial charge on any atom is 0.253 e. The van der Waals surface area contributed by atoms with Crippen LogP contribution >= 0.6 is 0 Å². The van der Waals surface area contributed by atoms with Gasteiger partial charge in [-0.15, -0.1) is 0 Å². The molecule has 1 saturated heterocycles. The molecule has 0 unspecified atom stereocenters. The van der Waals surface area contributed by atoms with Crippen molar-refractivity contribution >= 4 is 16.8 Å². The first kappa shape index (κ1) is 15.0. The quantitative estimate of drug-likeness (QED) is 0.947. The molecule has 4 nitrogen and oxygen atoms in total. The van der Waals surface area contributed by atoms with Gasteiger partial charge >= 0.3 is 0 Å². The summed E-state index contributed by atoms with van der Waals surface area (Å²) in [6.45, 7) is 5.99. The SMILES string of the molecule is CC(C)NC1CCN(C(=O)c2ccc3ncccc3c2)CC1. The predicted octanol–water partition coefficient (Wildman–Crippen LogP) is 2.84. The second kappa shape index (κ2) is 6.44. The van der Waals surface area contributed by atoms with Gasteiger partial charge < -0.3 is 10.2 Å². The molecule has 0 bridgehead atoms. The number of amides is 1. The van der Waals surface area contributed by atoms with Crippen LogP contribution in [0.1, 0.15) is 37.0 Å². The van der Waals surface area contributed by atoms with Gasteiger partial charge in [0.1, 0.15) is 0 Å². The van der Waals surface area contributed by atoms with E-state index in [0.29, 0.717) is 12.1 Å². The summed E-state index contributed by atoms with van der Waals surface area (Å²) in [5.41, 5.74) is 1.69. The fourth-order valence-electron chi connectivity index (χ4n) is 3.11. The molecule has 1 aromatic heterocycles. The number of aromatic nitrogens is 1. The fraction of sp³-hybridized carbons (Fsp3) is 0.444. The van der Waals surface area contributed by atoms with Gasteiger partial charge in [0.15, 0.2) is 0 Å². The highest BCUT2D eigenvalue weighted by Crippen LogP contribution is 2.18. The second-order valence-electron chi connectivity index (χ2n) is 6.30. The summed E-state index contributed by atoms with van der Waals surface area (Å²) in [5, 5.41) is 4.58. The van der Waals surface area contributed by atoms with Crippen LogP contribution in [0.5, 0.6) is 0 Å². The maximum atomic E-state index is 12.7. The van der Waals surface area contributed by atoms with Crippen molar-refractivity contribution in [2.24, 2.45) is 0 Å². The molecule has 0 saturated carbocycles. The Kier molecular flexibility index (Phi) is 4.39. The molecule has 1 amide bonds. The van der Waals surface area contributed by atoms with Crippen LogP contribution in [0.3, 0.4) is 0 Å². The van der Waals surface area contributed by atoms with E-state index in [1.165, 1.54) is 0 Å². The first-order valence-corrected chi connectivity index (χ1v) is 8.03. The summed E-state index contributed by atoms with van der Waals surface area (Å²) in [6.07, 6.45) is 3.83. The Labute approximate surface area is 131 Å². The van der Waals surface area contributed by atoms with Gasteiger partial charge in [-0.3, -0.25) is 9.78 Å². The van der Waals surface area contributed by atoms with Gasteiger partial charge in [-0.25, -0.2) is 0 Å². The monoisotopic (exact) mass is 297 g/mol. The van der Waals surface area contributed by atoms with Crippen molar-refractivity contribution in [3.05, 3.63) is 42.1 Å². The van der Waals surface area contributed by atoms with Crippen LogP contribution in [0.25, 0.3) is 10.9 Å². The van der Waals surface area contributed by atoms with E-state index in [1.807, 2.05) is 35.2 Å². The van der Waals surface area contributed by atoms with Gasteiger partial charge in [0.2, 0.25) is 0 Å². The molecule has 0 atom stereocenters. The van der Waals surface area contributed by atoms with Crippen molar-refractivity contribution in [2.75, 3.05) is 13.1 Å². The maximum absolute atomic E-state index is 12.7. The Morgan fingerprint density at radius 1 is 1.27 bits per heavy atom. The summed E-state index contributed by atoms with van der Waals surface area (Å²) in [7, 11) is 0. The third kappa shape index (κ3) is 3.28. The largest absolute Gasteiger partial charge is 0.339 e. The van der Waals surface area contributed by atoms with E-state index in [4.69, 9.17) is 0 Å². The highest BCUT2D eigenvalue weighted by Gasteiger charge is 2.23. The summed E-state index contributed by atoms with van der Waals surface area (Å²) >= 11 is 0. The normalized spacial score (nSPS) is 16.4.